The van der Waals surface area contributed by atoms with E-state index >= 15 is 0 Å². The Morgan fingerprint density at radius 1 is 1.19 bits per heavy atom. The first-order chi connectivity index (χ1) is 10.1. The second-order valence-corrected chi connectivity index (χ2v) is 7.30. The molecule has 106 valence electrons. The highest BCUT2D eigenvalue weighted by Crippen LogP contribution is 2.19. The van der Waals surface area contributed by atoms with Crippen LogP contribution >= 0.6 is 45.2 Å². The Balaban J connectivity index is 2.15. The summed E-state index contributed by atoms with van der Waals surface area (Å²) >= 11 is 4.46. The number of rotatable bonds is 2. The fourth-order valence-corrected chi connectivity index (χ4v) is 4.26. The van der Waals surface area contributed by atoms with E-state index in [0.29, 0.717) is 11.9 Å². The van der Waals surface area contributed by atoms with Crippen LogP contribution in [0.3, 0.4) is 0 Å². The number of hydrogen-bond donors (Lipinski definition) is 0. The van der Waals surface area contributed by atoms with Gasteiger partial charge in [-0.15, -0.1) is 0 Å². The fourth-order valence-electron chi connectivity index (χ4n) is 2.28. The fraction of sp³-hybridized carbons (Fsp3) is 0.125. The van der Waals surface area contributed by atoms with Crippen LogP contribution in [0.25, 0.3) is 10.9 Å². The van der Waals surface area contributed by atoms with Crippen LogP contribution in [0.2, 0.25) is 0 Å². The van der Waals surface area contributed by atoms with E-state index in [4.69, 9.17) is 0 Å². The largest absolute Gasteiger partial charge is 0.294 e. The standard InChI is InChI=1S/C16H12I2N2O/c1-10-4-2-3-5-11(10)8-20-9-19-15-13(16(20)21)6-12(17)7-14(15)18/h2-7,9H,8H2,1H3. The van der Waals surface area contributed by atoms with Crippen LogP contribution in [-0.4, -0.2) is 9.55 Å². The molecule has 0 fully saturated rings. The molecule has 3 nitrogen and oxygen atoms in total. The molecule has 3 aromatic rings. The minimum atomic E-state index is 0.0136. The Bertz CT molecular complexity index is 887. The van der Waals surface area contributed by atoms with Crippen molar-refractivity contribution in [3.8, 4) is 0 Å². The van der Waals surface area contributed by atoms with Gasteiger partial charge in [0.25, 0.3) is 5.56 Å². The van der Waals surface area contributed by atoms with Crippen LogP contribution in [-0.2, 0) is 6.54 Å². The van der Waals surface area contributed by atoms with E-state index in [1.807, 2.05) is 30.3 Å². The molecule has 0 unspecified atom stereocenters. The SMILES string of the molecule is Cc1ccccc1Cn1cnc2c(I)cc(I)cc2c1=O. The molecule has 0 aliphatic rings. The van der Waals surface area contributed by atoms with Crippen molar-refractivity contribution in [1.29, 1.82) is 0 Å². The zero-order valence-electron chi connectivity index (χ0n) is 11.3. The van der Waals surface area contributed by atoms with Crippen LogP contribution in [0, 0.1) is 14.1 Å². The maximum absolute atomic E-state index is 12.7. The molecule has 0 aliphatic heterocycles. The minimum absolute atomic E-state index is 0.0136. The monoisotopic (exact) mass is 502 g/mol. The number of halogens is 2. The quantitative estimate of drug-likeness (QED) is 0.498. The lowest BCUT2D eigenvalue weighted by atomic mass is 10.1. The summed E-state index contributed by atoms with van der Waals surface area (Å²) in [6.07, 6.45) is 1.64. The molecular formula is C16H12I2N2O. The van der Waals surface area contributed by atoms with Crippen molar-refractivity contribution < 1.29 is 0 Å². The Hall–Kier alpha value is -0.960. The maximum Gasteiger partial charge on any atom is 0.261 e. The predicted octanol–water partition coefficient (Wildman–Crippen LogP) is 3.96. The van der Waals surface area contributed by atoms with Gasteiger partial charge in [-0.3, -0.25) is 9.36 Å². The van der Waals surface area contributed by atoms with Gasteiger partial charge in [-0.2, -0.15) is 0 Å². The van der Waals surface area contributed by atoms with Crippen molar-refractivity contribution in [2.45, 2.75) is 13.5 Å². The molecule has 3 rings (SSSR count). The molecule has 0 saturated heterocycles. The third-order valence-electron chi connectivity index (χ3n) is 3.45. The lowest BCUT2D eigenvalue weighted by molar-refractivity contribution is 0.744. The van der Waals surface area contributed by atoms with E-state index in [1.165, 1.54) is 5.56 Å². The van der Waals surface area contributed by atoms with Crippen LogP contribution in [0.4, 0.5) is 0 Å². The Morgan fingerprint density at radius 3 is 2.71 bits per heavy atom. The van der Waals surface area contributed by atoms with Crippen LogP contribution < -0.4 is 5.56 Å². The first kappa shape index (κ1) is 15.0. The van der Waals surface area contributed by atoms with Gasteiger partial charge in [0.1, 0.15) is 0 Å². The highest BCUT2D eigenvalue weighted by atomic mass is 127. The van der Waals surface area contributed by atoms with Gasteiger partial charge in [-0.25, -0.2) is 4.98 Å². The number of fused-ring (bicyclic) bond motifs is 1. The third kappa shape index (κ3) is 2.98. The Labute approximate surface area is 149 Å². The van der Waals surface area contributed by atoms with Gasteiger partial charge in [0, 0.05) is 7.14 Å². The summed E-state index contributed by atoms with van der Waals surface area (Å²) in [4.78, 5) is 17.1. The van der Waals surface area contributed by atoms with Gasteiger partial charge in [0.2, 0.25) is 0 Å². The van der Waals surface area contributed by atoms with Gasteiger partial charge in [-0.1, -0.05) is 24.3 Å². The summed E-state index contributed by atoms with van der Waals surface area (Å²) < 4.78 is 3.74. The average Bonchev–Trinajstić information content (AvgIpc) is 2.44. The summed E-state index contributed by atoms with van der Waals surface area (Å²) in [5.41, 5.74) is 3.12. The van der Waals surface area contributed by atoms with Crippen molar-refractivity contribution in [2.24, 2.45) is 0 Å². The Morgan fingerprint density at radius 2 is 1.95 bits per heavy atom. The van der Waals surface area contributed by atoms with Crippen molar-refractivity contribution in [1.82, 2.24) is 9.55 Å². The number of aryl methyl sites for hydroxylation is 1. The molecule has 0 radical (unpaired) electrons. The van der Waals surface area contributed by atoms with Gasteiger partial charge in [-0.05, 0) is 75.4 Å². The molecule has 0 spiro atoms. The summed E-state index contributed by atoms with van der Waals surface area (Å²) in [5, 5.41) is 0.683. The van der Waals surface area contributed by atoms with Crippen molar-refractivity contribution in [3.05, 3.63) is 71.3 Å². The molecule has 2 aromatic carbocycles. The van der Waals surface area contributed by atoms with E-state index in [9.17, 15) is 4.79 Å². The first-order valence-electron chi connectivity index (χ1n) is 6.45. The van der Waals surface area contributed by atoms with Crippen LogP contribution in [0.1, 0.15) is 11.1 Å². The highest BCUT2D eigenvalue weighted by molar-refractivity contribution is 14.1. The lowest BCUT2D eigenvalue weighted by Crippen LogP contribution is -2.22. The molecule has 0 saturated carbocycles. The van der Waals surface area contributed by atoms with Crippen LogP contribution in [0.15, 0.2) is 47.5 Å². The summed E-state index contributed by atoms with van der Waals surface area (Å²) in [7, 11) is 0. The summed E-state index contributed by atoms with van der Waals surface area (Å²) in [5.74, 6) is 0. The first-order valence-corrected chi connectivity index (χ1v) is 8.61. The van der Waals surface area contributed by atoms with Gasteiger partial charge < -0.3 is 0 Å². The number of nitrogens with zero attached hydrogens (tertiary/aromatic N) is 2. The molecule has 21 heavy (non-hydrogen) atoms. The number of hydrogen-bond acceptors (Lipinski definition) is 2. The second kappa shape index (κ2) is 6.04. The normalized spacial score (nSPS) is 11.0. The second-order valence-electron chi connectivity index (χ2n) is 4.89. The van der Waals surface area contributed by atoms with Crippen LogP contribution in [0.5, 0.6) is 0 Å². The molecule has 0 N–H and O–H groups in total. The summed E-state index contributed by atoms with van der Waals surface area (Å²) in [6, 6.07) is 12.0. The van der Waals surface area contributed by atoms with E-state index in [0.717, 1.165) is 18.2 Å². The maximum atomic E-state index is 12.7. The van der Waals surface area contributed by atoms with Gasteiger partial charge >= 0.3 is 0 Å². The van der Waals surface area contributed by atoms with Crippen molar-refractivity contribution >= 4 is 56.1 Å². The molecule has 0 aliphatic carbocycles. The molecule has 0 amide bonds. The smallest absolute Gasteiger partial charge is 0.261 e. The predicted molar refractivity (Wildman–Crippen MR) is 102 cm³/mol. The zero-order chi connectivity index (χ0) is 15.0. The highest BCUT2D eigenvalue weighted by Gasteiger charge is 2.09. The van der Waals surface area contributed by atoms with E-state index in [1.54, 1.807) is 10.9 Å². The van der Waals surface area contributed by atoms with E-state index < -0.39 is 0 Å². The molecule has 0 bridgehead atoms. The molecular weight excluding hydrogens is 490 g/mol. The number of benzene rings is 2. The lowest BCUT2D eigenvalue weighted by Gasteiger charge is -2.10. The average molecular weight is 502 g/mol. The van der Waals surface area contributed by atoms with Crippen molar-refractivity contribution in [2.75, 3.05) is 0 Å². The zero-order valence-corrected chi connectivity index (χ0v) is 15.6. The molecule has 5 heteroatoms. The van der Waals surface area contributed by atoms with Crippen molar-refractivity contribution in [3.63, 3.8) is 0 Å². The topological polar surface area (TPSA) is 34.9 Å². The van der Waals surface area contributed by atoms with Gasteiger partial charge in [0.15, 0.2) is 0 Å². The Kier molecular flexibility index (Phi) is 4.30. The molecule has 1 aromatic heterocycles. The number of aromatic nitrogens is 2. The molecule has 1 heterocycles. The summed E-state index contributed by atoms with van der Waals surface area (Å²) in [6.45, 7) is 2.61. The van der Waals surface area contributed by atoms with Gasteiger partial charge in [0.05, 0.1) is 23.8 Å². The third-order valence-corrected chi connectivity index (χ3v) is 4.89. The minimum Gasteiger partial charge on any atom is -0.294 e. The molecule has 0 atom stereocenters. The van der Waals surface area contributed by atoms with E-state index in [-0.39, 0.29) is 5.56 Å². The van der Waals surface area contributed by atoms with E-state index in [2.05, 4.69) is 63.2 Å².